The van der Waals surface area contributed by atoms with Crippen LogP contribution in [0.15, 0.2) is 200 Å². The lowest BCUT2D eigenvalue weighted by atomic mass is 9.93. The minimum Gasteiger partial charge on any atom is -0.309 e. The third-order valence-corrected chi connectivity index (χ3v) is 10.8. The molecule has 3 heterocycles. The van der Waals surface area contributed by atoms with Crippen molar-refractivity contribution in [2.45, 2.75) is 0 Å². The molecule has 0 fully saturated rings. The van der Waals surface area contributed by atoms with Crippen molar-refractivity contribution in [3.05, 3.63) is 200 Å². The van der Waals surface area contributed by atoms with Gasteiger partial charge in [0.1, 0.15) is 0 Å². The number of para-hydroxylation sites is 5. The molecule has 262 valence electrons. The molecule has 0 aliphatic rings. The lowest BCUT2D eigenvalue weighted by molar-refractivity contribution is 1.07. The molecule has 0 aliphatic carbocycles. The van der Waals surface area contributed by atoms with Crippen LogP contribution in [-0.2, 0) is 0 Å². The van der Waals surface area contributed by atoms with Gasteiger partial charge in [-0.25, -0.2) is 15.0 Å². The molecule has 5 heteroatoms. The highest BCUT2D eigenvalue weighted by atomic mass is 15.0. The van der Waals surface area contributed by atoms with Crippen molar-refractivity contribution >= 4 is 43.6 Å². The zero-order valence-corrected chi connectivity index (χ0v) is 30.3. The highest BCUT2D eigenvalue weighted by Gasteiger charge is 2.26. The summed E-state index contributed by atoms with van der Waals surface area (Å²) in [7, 11) is 0. The predicted molar refractivity (Wildman–Crippen MR) is 230 cm³/mol. The number of nitrogens with zero attached hydrogens (tertiary/aromatic N) is 5. The lowest BCUT2D eigenvalue weighted by Gasteiger charge is -2.18. The number of hydrogen-bond donors (Lipinski definition) is 0. The van der Waals surface area contributed by atoms with Gasteiger partial charge in [0, 0.05) is 60.7 Å². The van der Waals surface area contributed by atoms with E-state index in [0.29, 0.717) is 17.5 Å². The van der Waals surface area contributed by atoms with Crippen molar-refractivity contribution in [1.82, 2.24) is 24.1 Å². The Kier molecular flexibility index (Phi) is 7.42. The van der Waals surface area contributed by atoms with Gasteiger partial charge in [0.05, 0.1) is 22.1 Å². The number of hydrogen-bond acceptors (Lipinski definition) is 3. The number of rotatable bonds is 6. The van der Waals surface area contributed by atoms with Gasteiger partial charge >= 0.3 is 0 Å². The maximum absolute atomic E-state index is 5.31. The lowest BCUT2D eigenvalue weighted by Crippen LogP contribution is -2.03. The van der Waals surface area contributed by atoms with Gasteiger partial charge in [-0.2, -0.15) is 0 Å². The van der Waals surface area contributed by atoms with E-state index in [0.717, 1.165) is 66.6 Å². The Labute approximate surface area is 323 Å². The second-order valence-electron chi connectivity index (χ2n) is 14.0. The summed E-state index contributed by atoms with van der Waals surface area (Å²) in [6.45, 7) is 0. The first-order valence-electron chi connectivity index (χ1n) is 18.9. The van der Waals surface area contributed by atoms with Crippen LogP contribution in [0.4, 0.5) is 0 Å². The van der Waals surface area contributed by atoms with Crippen LogP contribution in [0.1, 0.15) is 0 Å². The third kappa shape index (κ3) is 5.06. The van der Waals surface area contributed by atoms with E-state index in [4.69, 9.17) is 15.0 Å². The molecule has 5 nitrogen and oxygen atoms in total. The van der Waals surface area contributed by atoms with E-state index < -0.39 is 0 Å². The molecule has 0 unspecified atom stereocenters. The Morgan fingerprint density at radius 1 is 0.286 bits per heavy atom. The molecule has 0 spiro atoms. The SMILES string of the molecule is c1ccc(-c2nc(-c3ccccc3)nc(-c3ccc4c5ccccc5n(-c5ccccc5)c4c3-c3cccc4c5ccccc5n(-c5ccccc5)c34)n2)cc1. The topological polar surface area (TPSA) is 48.5 Å². The first-order valence-corrected chi connectivity index (χ1v) is 18.9. The minimum absolute atomic E-state index is 0.610. The molecule has 0 atom stereocenters. The Morgan fingerprint density at radius 2 is 0.714 bits per heavy atom. The van der Waals surface area contributed by atoms with E-state index in [9.17, 15) is 0 Å². The molecular weight excluding hydrogens is 683 g/mol. The van der Waals surface area contributed by atoms with Crippen LogP contribution in [0.3, 0.4) is 0 Å². The molecular formula is C51H33N5. The monoisotopic (exact) mass is 715 g/mol. The average Bonchev–Trinajstić information content (AvgIpc) is 3.80. The zero-order valence-electron chi connectivity index (χ0n) is 30.3. The van der Waals surface area contributed by atoms with Gasteiger partial charge in [0.2, 0.25) is 0 Å². The summed E-state index contributed by atoms with van der Waals surface area (Å²) >= 11 is 0. The fraction of sp³-hybridized carbons (Fsp3) is 0. The molecule has 0 bridgehead atoms. The zero-order chi connectivity index (χ0) is 37.0. The van der Waals surface area contributed by atoms with Crippen LogP contribution in [0.2, 0.25) is 0 Å². The highest BCUT2D eigenvalue weighted by Crippen LogP contribution is 2.47. The molecule has 0 amide bonds. The van der Waals surface area contributed by atoms with Gasteiger partial charge in [-0.15, -0.1) is 0 Å². The van der Waals surface area contributed by atoms with Gasteiger partial charge in [0.25, 0.3) is 0 Å². The largest absolute Gasteiger partial charge is 0.309 e. The van der Waals surface area contributed by atoms with Gasteiger partial charge < -0.3 is 9.13 Å². The van der Waals surface area contributed by atoms with E-state index in [2.05, 4.69) is 173 Å². The van der Waals surface area contributed by atoms with E-state index in [1.807, 2.05) is 36.4 Å². The van der Waals surface area contributed by atoms with Crippen LogP contribution < -0.4 is 0 Å². The summed E-state index contributed by atoms with van der Waals surface area (Å²) in [6.07, 6.45) is 0. The molecule has 11 rings (SSSR count). The van der Waals surface area contributed by atoms with Crippen molar-refractivity contribution in [1.29, 1.82) is 0 Å². The summed E-state index contributed by atoms with van der Waals surface area (Å²) in [5.41, 5.74) is 11.6. The van der Waals surface area contributed by atoms with E-state index in [-0.39, 0.29) is 0 Å². The summed E-state index contributed by atoms with van der Waals surface area (Å²) in [6, 6.07) is 70.3. The standard InChI is InChI=1S/C51H33N5/c1-5-18-34(19-6-1)49-52-50(35-20-7-2-8-21-35)54-51(53-49)43-33-32-41-39-27-14-16-31-45(39)56(37-24-11-4-12-25-37)48(41)46(43)42-29-17-28-40-38-26-13-15-30-44(38)55(47(40)42)36-22-9-3-10-23-36/h1-33H. The van der Waals surface area contributed by atoms with Gasteiger partial charge in [-0.3, -0.25) is 0 Å². The Bertz CT molecular complexity index is 3160. The minimum atomic E-state index is 0.610. The van der Waals surface area contributed by atoms with Crippen LogP contribution in [0.5, 0.6) is 0 Å². The van der Waals surface area contributed by atoms with Gasteiger partial charge in [-0.1, -0.05) is 158 Å². The molecule has 0 saturated carbocycles. The summed E-state index contributed by atoms with van der Waals surface area (Å²) in [4.78, 5) is 15.7. The van der Waals surface area contributed by atoms with Crippen molar-refractivity contribution in [2.24, 2.45) is 0 Å². The first-order chi connectivity index (χ1) is 27.8. The van der Waals surface area contributed by atoms with Crippen molar-refractivity contribution < 1.29 is 0 Å². The van der Waals surface area contributed by atoms with Crippen molar-refractivity contribution in [3.63, 3.8) is 0 Å². The molecule has 8 aromatic carbocycles. The van der Waals surface area contributed by atoms with Gasteiger partial charge in [0.15, 0.2) is 17.5 Å². The van der Waals surface area contributed by atoms with Crippen LogP contribution >= 0.6 is 0 Å². The summed E-state index contributed by atoms with van der Waals surface area (Å²) < 4.78 is 4.82. The molecule has 0 saturated heterocycles. The van der Waals surface area contributed by atoms with Crippen LogP contribution in [0, 0.1) is 0 Å². The number of aromatic nitrogens is 5. The number of fused-ring (bicyclic) bond motifs is 6. The second-order valence-corrected chi connectivity index (χ2v) is 14.0. The normalized spacial score (nSPS) is 11.6. The van der Waals surface area contributed by atoms with Crippen molar-refractivity contribution in [2.75, 3.05) is 0 Å². The Hall–Kier alpha value is -7.63. The molecule has 0 N–H and O–H groups in total. The quantitative estimate of drug-likeness (QED) is 0.172. The molecule has 3 aromatic heterocycles. The van der Waals surface area contributed by atoms with Crippen molar-refractivity contribution in [3.8, 4) is 56.7 Å². The third-order valence-electron chi connectivity index (χ3n) is 10.8. The Morgan fingerprint density at radius 3 is 1.27 bits per heavy atom. The summed E-state index contributed by atoms with van der Waals surface area (Å²) in [5.74, 6) is 1.86. The average molecular weight is 716 g/mol. The van der Waals surface area contributed by atoms with E-state index in [1.54, 1.807) is 0 Å². The Balaban J connectivity index is 1.34. The molecule has 56 heavy (non-hydrogen) atoms. The number of benzene rings is 8. The molecule has 11 aromatic rings. The fourth-order valence-corrected chi connectivity index (χ4v) is 8.36. The summed E-state index contributed by atoms with van der Waals surface area (Å²) in [5, 5.41) is 4.71. The molecule has 0 radical (unpaired) electrons. The maximum Gasteiger partial charge on any atom is 0.164 e. The van der Waals surface area contributed by atoms with E-state index in [1.165, 1.54) is 16.2 Å². The van der Waals surface area contributed by atoms with Crippen LogP contribution in [0.25, 0.3) is 100 Å². The first kappa shape index (κ1) is 31.9. The van der Waals surface area contributed by atoms with Crippen LogP contribution in [-0.4, -0.2) is 24.1 Å². The maximum atomic E-state index is 5.31. The second kappa shape index (κ2) is 13.0. The predicted octanol–water partition coefficient (Wildman–Crippen LogP) is 12.7. The molecule has 0 aliphatic heterocycles. The fourth-order valence-electron chi connectivity index (χ4n) is 8.36. The van der Waals surface area contributed by atoms with E-state index >= 15 is 0 Å². The smallest absolute Gasteiger partial charge is 0.164 e. The highest BCUT2D eigenvalue weighted by molar-refractivity contribution is 6.21. The van der Waals surface area contributed by atoms with Gasteiger partial charge in [-0.05, 0) is 42.5 Å².